The van der Waals surface area contributed by atoms with Crippen LogP contribution in [0.3, 0.4) is 0 Å². The molecule has 2 aliphatic heterocycles. The van der Waals surface area contributed by atoms with Gasteiger partial charge in [0.15, 0.2) is 0 Å². The molecule has 1 aromatic carbocycles. The lowest BCUT2D eigenvalue weighted by Crippen LogP contribution is -2.40. The highest BCUT2D eigenvalue weighted by Gasteiger charge is 2.24. The monoisotopic (exact) mass is 401 g/mol. The number of carbonyl (C=O) groups excluding carboxylic acids is 2. The number of likely N-dealkylation sites (tertiary alicyclic amines) is 1. The Morgan fingerprint density at radius 2 is 1.93 bits per heavy atom. The summed E-state index contributed by atoms with van der Waals surface area (Å²) in [7, 11) is 0. The van der Waals surface area contributed by atoms with Crippen molar-refractivity contribution in [3.05, 3.63) is 23.8 Å². The Labute approximate surface area is 174 Å². The molecular weight excluding hydrogens is 366 g/mol. The molecule has 2 aliphatic rings. The summed E-state index contributed by atoms with van der Waals surface area (Å²) in [6, 6.07) is 5.85. The Morgan fingerprint density at radius 3 is 2.69 bits per heavy atom. The number of fused-ring (bicyclic) bond motifs is 1. The number of benzene rings is 1. The molecule has 0 unspecified atom stereocenters. The third-order valence-corrected chi connectivity index (χ3v) is 5.76. The summed E-state index contributed by atoms with van der Waals surface area (Å²) in [5.41, 5.74) is 1.90. The third-order valence-electron chi connectivity index (χ3n) is 5.76. The number of rotatable bonds is 7. The van der Waals surface area contributed by atoms with Gasteiger partial charge in [0.2, 0.25) is 11.8 Å². The van der Waals surface area contributed by atoms with Gasteiger partial charge in [-0.15, -0.1) is 0 Å². The number of aryl methyl sites for hydroxylation is 1. The molecule has 160 valence electrons. The number of ether oxygens (including phenoxy) is 1. The molecule has 2 amide bonds. The van der Waals surface area contributed by atoms with E-state index in [2.05, 4.69) is 24.1 Å². The van der Waals surface area contributed by atoms with E-state index in [0.717, 1.165) is 54.9 Å². The summed E-state index contributed by atoms with van der Waals surface area (Å²) in [4.78, 5) is 29.1. The van der Waals surface area contributed by atoms with Gasteiger partial charge in [-0.05, 0) is 55.8 Å². The molecule has 0 aromatic heterocycles. The average Bonchev–Trinajstić information content (AvgIpc) is 2.68. The Morgan fingerprint density at radius 1 is 1.17 bits per heavy atom. The van der Waals surface area contributed by atoms with Crippen molar-refractivity contribution in [1.82, 2.24) is 10.2 Å². The van der Waals surface area contributed by atoms with Gasteiger partial charge in [0.05, 0.1) is 12.2 Å². The first-order valence-corrected chi connectivity index (χ1v) is 10.9. The molecule has 6 heteroatoms. The van der Waals surface area contributed by atoms with E-state index in [1.807, 2.05) is 25.1 Å². The summed E-state index contributed by atoms with van der Waals surface area (Å²) in [6.07, 6.45) is 2.72. The normalized spacial score (nSPS) is 22.0. The van der Waals surface area contributed by atoms with Crippen LogP contribution in [0, 0.1) is 18.8 Å². The minimum absolute atomic E-state index is 0.0217. The Bertz CT molecular complexity index is 711. The summed E-state index contributed by atoms with van der Waals surface area (Å²) < 4.78 is 5.64. The van der Waals surface area contributed by atoms with Crippen molar-refractivity contribution in [2.45, 2.75) is 46.5 Å². The minimum Gasteiger partial charge on any atom is -0.490 e. The van der Waals surface area contributed by atoms with Gasteiger partial charge in [0.1, 0.15) is 12.4 Å². The zero-order valence-electron chi connectivity index (χ0n) is 18.1. The molecule has 0 radical (unpaired) electrons. The fourth-order valence-corrected chi connectivity index (χ4v) is 4.54. The van der Waals surface area contributed by atoms with E-state index < -0.39 is 0 Å². The average molecular weight is 402 g/mol. The maximum absolute atomic E-state index is 12.7. The van der Waals surface area contributed by atoms with Crippen LogP contribution in [0.1, 0.15) is 45.1 Å². The van der Waals surface area contributed by atoms with Gasteiger partial charge in [-0.1, -0.05) is 19.9 Å². The highest BCUT2D eigenvalue weighted by molar-refractivity contribution is 5.97. The van der Waals surface area contributed by atoms with Crippen molar-refractivity contribution in [3.63, 3.8) is 0 Å². The van der Waals surface area contributed by atoms with Crippen LogP contribution in [0.4, 0.5) is 5.69 Å². The SMILES string of the molecule is Cc1ccc2c(c1)N(C(=O)CCC(=O)NCCCN1C[C@H](C)C[C@@H](C)C1)CCO2. The zero-order chi connectivity index (χ0) is 20.8. The van der Waals surface area contributed by atoms with Gasteiger partial charge in [-0.3, -0.25) is 9.59 Å². The molecule has 2 atom stereocenters. The van der Waals surface area contributed by atoms with Crippen LogP contribution >= 0.6 is 0 Å². The van der Waals surface area contributed by atoms with Crippen LogP contribution in [0.25, 0.3) is 0 Å². The first-order valence-electron chi connectivity index (χ1n) is 10.9. The van der Waals surface area contributed by atoms with Crippen LogP contribution in [-0.2, 0) is 9.59 Å². The zero-order valence-corrected chi connectivity index (χ0v) is 18.1. The van der Waals surface area contributed by atoms with Crippen molar-refractivity contribution in [3.8, 4) is 5.75 Å². The van der Waals surface area contributed by atoms with Gasteiger partial charge in [-0.2, -0.15) is 0 Å². The molecule has 6 nitrogen and oxygen atoms in total. The lowest BCUT2D eigenvalue weighted by molar-refractivity contribution is -0.125. The second kappa shape index (κ2) is 10.1. The minimum atomic E-state index is -0.0449. The number of anilines is 1. The van der Waals surface area contributed by atoms with E-state index in [0.29, 0.717) is 19.7 Å². The van der Waals surface area contributed by atoms with Crippen molar-refractivity contribution in [1.29, 1.82) is 0 Å². The highest BCUT2D eigenvalue weighted by Crippen LogP contribution is 2.32. The topological polar surface area (TPSA) is 61.9 Å². The van der Waals surface area contributed by atoms with Gasteiger partial charge in [-0.25, -0.2) is 0 Å². The molecular formula is C23H35N3O3. The van der Waals surface area contributed by atoms with Crippen molar-refractivity contribution < 1.29 is 14.3 Å². The second-order valence-electron chi connectivity index (χ2n) is 8.77. The fourth-order valence-electron chi connectivity index (χ4n) is 4.54. The molecule has 1 saturated heterocycles. The lowest BCUT2D eigenvalue weighted by atomic mass is 9.92. The predicted octanol–water partition coefficient (Wildman–Crippen LogP) is 2.98. The molecule has 0 spiro atoms. The maximum Gasteiger partial charge on any atom is 0.227 e. The molecule has 0 bridgehead atoms. The second-order valence-corrected chi connectivity index (χ2v) is 8.77. The van der Waals surface area contributed by atoms with Crippen LogP contribution < -0.4 is 15.0 Å². The number of nitrogens with one attached hydrogen (secondary N) is 1. The Kier molecular flexibility index (Phi) is 7.53. The largest absolute Gasteiger partial charge is 0.490 e. The molecule has 1 N–H and O–H groups in total. The van der Waals surface area contributed by atoms with Crippen molar-refractivity contribution in [2.75, 3.05) is 44.2 Å². The van der Waals surface area contributed by atoms with Gasteiger partial charge in [0.25, 0.3) is 0 Å². The Hall–Kier alpha value is -2.08. The molecule has 1 aromatic rings. The standard InChI is InChI=1S/C23H35N3O3/c1-17-5-6-21-20(14-17)26(11-12-29-21)23(28)8-7-22(27)24-9-4-10-25-15-18(2)13-19(3)16-25/h5-6,14,18-19H,4,7-13,15-16H2,1-3H3,(H,24,27)/t18-,19-/m1/s1. The molecule has 1 fully saturated rings. The number of carbonyl (C=O) groups is 2. The quantitative estimate of drug-likeness (QED) is 0.714. The number of amides is 2. The summed E-state index contributed by atoms with van der Waals surface area (Å²) in [5.74, 6) is 2.19. The van der Waals surface area contributed by atoms with E-state index in [4.69, 9.17) is 4.74 Å². The summed E-state index contributed by atoms with van der Waals surface area (Å²) in [5, 5.41) is 2.97. The number of nitrogens with zero attached hydrogens (tertiary/aromatic N) is 2. The van der Waals surface area contributed by atoms with Crippen LogP contribution in [0.5, 0.6) is 5.75 Å². The van der Waals surface area contributed by atoms with Gasteiger partial charge in [0, 0.05) is 32.5 Å². The van der Waals surface area contributed by atoms with Gasteiger partial charge >= 0.3 is 0 Å². The van der Waals surface area contributed by atoms with E-state index in [1.54, 1.807) is 4.90 Å². The van der Waals surface area contributed by atoms with Crippen molar-refractivity contribution in [2.24, 2.45) is 11.8 Å². The van der Waals surface area contributed by atoms with Crippen LogP contribution in [-0.4, -0.2) is 56.0 Å². The predicted molar refractivity (Wildman–Crippen MR) is 115 cm³/mol. The summed E-state index contributed by atoms with van der Waals surface area (Å²) >= 11 is 0. The molecule has 0 saturated carbocycles. The van der Waals surface area contributed by atoms with Crippen LogP contribution in [0.2, 0.25) is 0 Å². The maximum atomic E-state index is 12.7. The molecule has 2 heterocycles. The highest BCUT2D eigenvalue weighted by atomic mass is 16.5. The molecule has 0 aliphatic carbocycles. The first-order chi connectivity index (χ1) is 13.9. The van der Waals surface area contributed by atoms with E-state index >= 15 is 0 Å². The van der Waals surface area contributed by atoms with Gasteiger partial charge < -0.3 is 19.9 Å². The number of hydrogen-bond acceptors (Lipinski definition) is 4. The number of hydrogen-bond donors (Lipinski definition) is 1. The van der Waals surface area contributed by atoms with E-state index in [-0.39, 0.29) is 24.7 Å². The molecule has 3 rings (SSSR count). The Balaban J connectivity index is 1.37. The summed E-state index contributed by atoms with van der Waals surface area (Å²) in [6.45, 7) is 11.7. The number of piperidine rings is 1. The van der Waals surface area contributed by atoms with Crippen molar-refractivity contribution >= 4 is 17.5 Å². The fraction of sp³-hybridized carbons (Fsp3) is 0.652. The van der Waals surface area contributed by atoms with Crippen LogP contribution in [0.15, 0.2) is 18.2 Å². The van der Waals surface area contributed by atoms with E-state index in [9.17, 15) is 9.59 Å². The lowest BCUT2D eigenvalue weighted by Gasteiger charge is -2.34. The first kappa shape index (κ1) is 21.6. The third kappa shape index (κ3) is 6.20. The molecule has 29 heavy (non-hydrogen) atoms. The smallest absolute Gasteiger partial charge is 0.227 e. The van der Waals surface area contributed by atoms with E-state index in [1.165, 1.54) is 6.42 Å².